The maximum atomic E-state index is 11.4. The lowest BCUT2D eigenvalue weighted by Crippen LogP contribution is -2.36. The SMILES string of the molecule is COc1ccc(/C=C/C(=O)N[C@H](C)CN)cc1. The third-order valence-electron chi connectivity index (χ3n) is 2.29. The monoisotopic (exact) mass is 234 g/mol. The third-order valence-corrected chi connectivity index (χ3v) is 2.29. The molecular weight excluding hydrogens is 216 g/mol. The molecule has 1 amide bonds. The van der Waals surface area contributed by atoms with Gasteiger partial charge in [-0.3, -0.25) is 4.79 Å². The summed E-state index contributed by atoms with van der Waals surface area (Å²) >= 11 is 0. The normalized spacial score (nSPS) is 12.4. The Morgan fingerprint density at radius 2 is 2.12 bits per heavy atom. The highest BCUT2D eigenvalue weighted by Crippen LogP contribution is 2.12. The first-order valence-corrected chi connectivity index (χ1v) is 5.48. The van der Waals surface area contributed by atoms with Crippen molar-refractivity contribution in [3.63, 3.8) is 0 Å². The molecule has 0 aliphatic heterocycles. The Balaban J connectivity index is 2.54. The Kier molecular flexibility index (Phi) is 5.23. The molecule has 0 radical (unpaired) electrons. The number of carbonyl (C=O) groups excluding carboxylic acids is 1. The molecule has 1 aromatic rings. The van der Waals surface area contributed by atoms with Gasteiger partial charge in [0.2, 0.25) is 5.91 Å². The van der Waals surface area contributed by atoms with Gasteiger partial charge in [0.15, 0.2) is 0 Å². The first-order chi connectivity index (χ1) is 8.15. The molecule has 4 nitrogen and oxygen atoms in total. The highest BCUT2D eigenvalue weighted by Gasteiger charge is 2.00. The van der Waals surface area contributed by atoms with Crippen LogP contribution < -0.4 is 15.8 Å². The number of rotatable bonds is 5. The molecule has 0 spiro atoms. The molecule has 0 saturated heterocycles. The summed E-state index contributed by atoms with van der Waals surface area (Å²) in [5.74, 6) is 0.655. The summed E-state index contributed by atoms with van der Waals surface area (Å²) in [5, 5.41) is 2.75. The fourth-order valence-corrected chi connectivity index (χ4v) is 1.24. The quantitative estimate of drug-likeness (QED) is 0.752. The molecule has 0 bridgehead atoms. The van der Waals surface area contributed by atoms with Gasteiger partial charge in [-0.1, -0.05) is 12.1 Å². The second-order valence-electron chi connectivity index (χ2n) is 3.75. The number of hydrogen-bond donors (Lipinski definition) is 2. The first-order valence-electron chi connectivity index (χ1n) is 5.48. The fourth-order valence-electron chi connectivity index (χ4n) is 1.24. The molecule has 4 heteroatoms. The lowest BCUT2D eigenvalue weighted by molar-refractivity contribution is -0.116. The van der Waals surface area contributed by atoms with Gasteiger partial charge < -0.3 is 15.8 Å². The number of benzene rings is 1. The van der Waals surface area contributed by atoms with E-state index in [4.69, 9.17) is 10.5 Å². The van der Waals surface area contributed by atoms with E-state index in [0.717, 1.165) is 11.3 Å². The van der Waals surface area contributed by atoms with Crippen molar-refractivity contribution in [1.29, 1.82) is 0 Å². The number of hydrogen-bond acceptors (Lipinski definition) is 3. The molecule has 1 atom stereocenters. The molecule has 0 unspecified atom stereocenters. The molecule has 3 N–H and O–H groups in total. The maximum absolute atomic E-state index is 11.4. The van der Waals surface area contributed by atoms with E-state index in [0.29, 0.717) is 6.54 Å². The molecule has 0 saturated carbocycles. The van der Waals surface area contributed by atoms with E-state index < -0.39 is 0 Å². The van der Waals surface area contributed by atoms with E-state index in [-0.39, 0.29) is 11.9 Å². The van der Waals surface area contributed by atoms with Gasteiger partial charge in [-0.25, -0.2) is 0 Å². The topological polar surface area (TPSA) is 64.3 Å². The van der Waals surface area contributed by atoms with Crippen molar-refractivity contribution in [2.45, 2.75) is 13.0 Å². The minimum atomic E-state index is -0.140. The average Bonchev–Trinajstić information content (AvgIpc) is 2.36. The predicted octanol–water partition coefficient (Wildman–Crippen LogP) is 1.17. The summed E-state index contributed by atoms with van der Waals surface area (Å²) in [6.07, 6.45) is 3.24. The van der Waals surface area contributed by atoms with E-state index in [1.165, 1.54) is 6.08 Å². The molecule has 1 aromatic carbocycles. The number of nitrogens with two attached hydrogens (primary N) is 1. The van der Waals surface area contributed by atoms with Gasteiger partial charge in [-0.2, -0.15) is 0 Å². The molecule has 92 valence electrons. The Hall–Kier alpha value is -1.81. The van der Waals surface area contributed by atoms with Gasteiger partial charge in [-0.15, -0.1) is 0 Å². The average molecular weight is 234 g/mol. The second-order valence-corrected chi connectivity index (χ2v) is 3.75. The Bertz CT molecular complexity index is 385. The molecule has 0 aliphatic carbocycles. The lowest BCUT2D eigenvalue weighted by Gasteiger charge is -2.08. The second kappa shape index (κ2) is 6.70. The predicted molar refractivity (Wildman–Crippen MR) is 68.7 cm³/mol. The van der Waals surface area contributed by atoms with Gasteiger partial charge in [0.05, 0.1) is 7.11 Å². The van der Waals surface area contributed by atoms with Gasteiger partial charge in [0.25, 0.3) is 0 Å². The fraction of sp³-hybridized carbons (Fsp3) is 0.308. The zero-order valence-corrected chi connectivity index (χ0v) is 10.1. The van der Waals surface area contributed by atoms with E-state index in [9.17, 15) is 4.79 Å². The summed E-state index contributed by atoms with van der Waals surface area (Å²) < 4.78 is 5.04. The summed E-state index contributed by atoms with van der Waals surface area (Å²) in [4.78, 5) is 11.4. The van der Waals surface area contributed by atoms with Gasteiger partial charge in [-0.05, 0) is 30.7 Å². The van der Waals surface area contributed by atoms with E-state index in [1.807, 2.05) is 31.2 Å². The largest absolute Gasteiger partial charge is 0.497 e. The first kappa shape index (κ1) is 13.3. The van der Waals surface area contributed by atoms with Crippen molar-refractivity contribution in [3.8, 4) is 5.75 Å². The van der Waals surface area contributed by atoms with Crippen molar-refractivity contribution in [2.75, 3.05) is 13.7 Å². The third kappa shape index (κ3) is 4.70. The van der Waals surface area contributed by atoms with Gasteiger partial charge >= 0.3 is 0 Å². The Morgan fingerprint density at radius 1 is 1.47 bits per heavy atom. The van der Waals surface area contributed by atoms with Crippen molar-refractivity contribution >= 4 is 12.0 Å². The minimum Gasteiger partial charge on any atom is -0.497 e. The summed E-state index contributed by atoms with van der Waals surface area (Å²) in [6, 6.07) is 7.45. The van der Waals surface area contributed by atoms with Crippen molar-refractivity contribution in [2.24, 2.45) is 5.73 Å². The van der Waals surface area contributed by atoms with Crippen LogP contribution in [0.1, 0.15) is 12.5 Å². The van der Waals surface area contributed by atoms with Crippen molar-refractivity contribution < 1.29 is 9.53 Å². The highest BCUT2D eigenvalue weighted by molar-refractivity contribution is 5.91. The number of methoxy groups -OCH3 is 1. The van der Waals surface area contributed by atoms with Crippen LogP contribution in [0.5, 0.6) is 5.75 Å². The van der Waals surface area contributed by atoms with Crippen LogP contribution in [0.4, 0.5) is 0 Å². The van der Waals surface area contributed by atoms with Crippen LogP contribution in [0, 0.1) is 0 Å². The zero-order chi connectivity index (χ0) is 12.7. The summed E-state index contributed by atoms with van der Waals surface area (Å²) in [7, 11) is 1.62. The van der Waals surface area contributed by atoms with Crippen LogP contribution in [0.15, 0.2) is 30.3 Å². The number of amides is 1. The number of ether oxygens (including phenoxy) is 1. The van der Waals surface area contributed by atoms with Gasteiger partial charge in [0.1, 0.15) is 5.75 Å². The van der Waals surface area contributed by atoms with Crippen molar-refractivity contribution in [3.05, 3.63) is 35.9 Å². The van der Waals surface area contributed by atoms with Crippen LogP contribution >= 0.6 is 0 Å². The standard InChI is InChI=1S/C13H18N2O2/c1-10(9-14)15-13(16)8-5-11-3-6-12(17-2)7-4-11/h3-8,10H,9,14H2,1-2H3,(H,15,16)/b8-5+/t10-/m1/s1. The number of carbonyl (C=O) groups is 1. The Labute approximate surface area is 101 Å². The van der Waals surface area contributed by atoms with Gasteiger partial charge in [0, 0.05) is 18.7 Å². The van der Waals surface area contributed by atoms with Crippen LogP contribution in [0.2, 0.25) is 0 Å². The molecule has 0 heterocycles. The molecule has 0 aliphatic rings. The molecule has 17 heavy (non-hydrogen) atoms. The van der Waals surface area contributed by atoms with Crippen LogP contribution in [0.3, 0.4) is 0 Å². The molecular formula is C13H18N2O2. The smallest absolute Gasteiger partial charge is 0.244 e. The van der Waals surface area contributed by atoms with E-state index >= 15 is 0 Å². The molecule has 0 fully saturated rings. The van der Waals surface area contributed by atoms with E-state index in [1.54, 1.807) is 13.2 Å². The van der Waals surface area contributed by atoms with Crippen LogP contribution in [-0.2, 0) is 4.79 Å². The summed E-state index contributed by atoms with van der Waals surface area (Å²) in [6.45, 7) is 2.29. The Morgan fingerprint density at radius 3 is 2.65 bits per heavy atom. The molecule has 0 aromatic heterocycles. The molecule has 1 rings (SSSR count). The maximum Gasteiger partial charge on any atom is 0.244 e. The minimum absolute atomic E-state index is 0.0111. The lowest BCUT2D eigenvalue weighted by atomic mass is 10.2. The van der Waals surface area contributed by atoms with Crippen LogP contribution in [-0.4, -0.2) is 25.6 Å². The highest BCUT2D eigenvalue weighted by atomic mass is 16.5. The summed E-state index contributed by atoms with van der Waals surface area (Å²) in [5.41, 5.74) is 6.35. The number of nitrogens with one attached hydrogen (secondary N) is 1. The van der Waals surface area contributed by atoms with E-state index in [2.05, 4.69) is 5.32 Å². The van der Waals surface area contributed by atoms with Crippen molar-refractivity contribution in [1.82, 2.24) is 5.32 Å². The van der Waals surface area contributed by atoms with Crippen LogP contribution in [0.25, 0.3) is 6.08 Å². The zero-order valence-electron chi connectivity index (χ0n) is 10.1.